The maximum atomic E-state index is 13.5. The van der Waals surface area contributed by atoms with E-state index in [4.69, 9.17) is 4.52 Å². The highest BCUT2D eigenvalue weighted by Crippen LogP contribution is 2.35. The molecule has 0 unspecified atom stereocenters. The molecule has 5 nitrogen and oxygen atoms in total. The summed E-state index contributed by atoms with van der Waals surface area (Å²) in [6.45, 7) is 5.97. The molecule has 2 atom stereocenters. The molecule has 1 saturated carbocycles. The highest BCUT2D eigenvalue weighted by Gasteiger charge is 2.30. The number of likely N-dealkylation sites (tertiary alicyclic amines) is 1. The zero-order chi connectivity index (χ0) is 24.9. The van der Waals surface area contributed by atoms with Gasteiger partial charge in [-0.15, -0.1) is 0 Å². The Morgan fingerprint density at radius 1 is 1.11 bits per heavy atom. The number of carbonyl (C=O) groups is 1. The summed E-state index contributed by atoms with van der Waals surface area (Å²) in [4.78, 5) is 15.1. The van der Waals surface area contributed by atoms with Crippen LogP contribution < -0.4 is 5.32 Å². The van der Waals surface area contributed by atoms with Crippen LogP contribution in [-0.4, -0.2) is 42.1 Å². The van der Waals surface area contributed by atoms with Crippen LogP contribution >= 0.6 is 0 Å². The number of fused-ring (bicyclic) bond motifs is 1. The molecule has 6 heteroatoms. The maximum Gasteiger partial charge on any atom is 0.244 e. The first-order valence-corrected chi connectivity index (χ1v) is 13.4. The van der Waals surface area contributed by atoms with Crippen molar-refractivity contribution in [3.63, 3.8) is 0 Å². The lowest BCUT2D eigenvalue weighted by atomic mass is 9.78. The number of benzene rings is 2. The number of carbonyl (C=O) groups excluding carboxylic acids is 1. The van der Waals surface area contributed by atoms with Crippen molar-refractivity contribution in [2.45, 2.75) is 51.4 Å². The topological polar surface area (TPSA) is 58.4 Å². The molecule has 1 aromatic heterocycles. The van der Waals surface area contributed by atoms with Crippen molar-refractivity contribution in [3.05, 3.63) is 71.2 Å². The predicted molar refractivity (Wildman–Crippen MR) is 141 cm³/mol. The number of piperidine rings is 1. The van der Waals surface area contributed by atoms with Crippen molar-refractivity contribution in [1.29, 1.82) is 0 Å². The van der Waals surface area contributed by atoms with Gasteiger partial charge in [-0.2, -0.15) is 0 Å². The van der Waals surface area contributed by atoms with Crippen LogP contribution in [0.4, 0.5) is 4.39 Å². The highest BCUT2D eigenvalue weighted by atomic mass is 19.1. The Labute approximate surface area is 212 Å². The Hall–Kier alpha value is -2.99. The van der Waals surface area contributed by atoms with Crippen LogP contribution in [0.25, 0.3) is 17.0 Å². The number of hydrogen-bond acceptors (Lipinski definition) is 4. The third-order valence-electron chi connectivity index (χ3n) is 8.14. The Morgan fingerprint density at radius 2 is 1.89 bits per heavy atom. The van der Waals surface area contributed by atoms with Crippen LogP contribution in [-0.2, 0) is 4.79 Å². The summed E-state index contributed by atoms with van der Waals surface area (Å²) >= 11 is 0. The minimum absolute atomic E-state index is 0.0110. The molecule has 1 amide bonds. The van der Waals surface area contributed by atoms with E-state index in [1.807, 2.05) is 24.3 Å². The second-order valence-electron chi connectivity index (χ2n) is 10.5. The number of amides is 1. The average molecular weight is 490 g/mol. The summed E-state index contributed by atoms with van der Waals surface area (Å²) in [5.74, 6) is 1.20. The van der Waals surface area contributed by atoms with E-state index in [2.05, 4.69) is 28.4 Å². The molecule has 1 aliphatic carbocycles. The van der Waals surface area contributed by atoms with Crippen molar-refractivity contribution < 1.29 is 13.7 Å². The first kappa shape index (κ1) is 24.7. The van der Waals surface area contributed by atoms with Crippen LogP contribution in [0.15, 0.2) is 53.1 Å². The number of nitrogens with zero attached hydrogens (tertiary/aromatic N) is 2. The summed E-state index contributed by atoms with van der Waals surface area (Å²) in [6.07, 6.45) is 10.6. The number of halogens is 1. The van der Waals surface area contributed by atoms with Crippen molar-refractivity contribution in [1.82, 2.24) is 15.4 Å². The summed E-state index contributed by atoms with van der Waals surface area (Å²) in [7, 11) is 0. The van der Waals surface area contributed by atoms with Gasteiger partial charge < -0.3 is 14.7 Å². The average Bonchev–Trinajstić information content (AvgIpc) is 3.31. The van der Waals surface area contributed by atoms with Gasteiger partial charge in [0.25, 0.3) is 0 Å². The Kier molecular flexibility index (Phi) is 7.81. The smallest absolute Gasteiger partial charge is 0.244 e. The maximum absolute atomic E-state index is 13.5. The SMILES string of the molecule is Cc1ccccc1/C=C/C(=O)NC[C@@H]1CCCC[C@H]1CN1CCC(c2noc3cc(F)ccc23)CC1. The van der Waals surface area contributed by atoms with E-state index >= 15 is 0 Å². The Balaban J connectivity index is 1.12. The Morgan fingerprint density at radius 3 is 2.69 bits per heavy atom. The van der Waals surface area contributed by atoms with E-state index in [9.17, 15) is 9.18 Å². The van der Waals surface area contributed by atoms with Crippen molar-refractivity contribution >= 4 is 23.0 Å². The molecular formula is C30H36FN3O2. The van der Waals surface area contributed by atoms with Gasteiger partial charge in [0.1, 0.15) is 5.82 Å². The van der Waals surface area contributed by atoms with E-state index in [-0.39, 0.29) is 11.7 Å². The molecule has 2 aliphatic rings. The zero-order valence-corrected chi connectivity index (χ0v) is 21.1. The fourth-order valence-corrected chi connectivity index (χ4v) is 5.97. The summed E-state index contributed by atoms with van der Waals surface area (Å²) in [5.41, 5.74) is 3.76. The van der Waals surface area contributed by atoms with Crippen molar-refractivity contribution in [2.75, 3.05) is 26.2 Å². The van der Waals surface area contributed by atoms with Crippen LogP contribution in [0, 0.1) is 24.6 Å². The molecule has 0 bridgehead atoms. The van der Waals surface area contributed by atoms with Gasteiger partial charge in [-0.25, -0.2) is 4.39 Å². The molecular weight excluding hydrogens is 453 g/mol. The molecule has 2 fully saturated rings. The lowest BCUT2D eigenvalue weighted by Gasteiger charge is -2.38. The van der Waals surface area contributed by atoms with Gasteiger partial charge in [-0.3, -0.25) is 4.79 Å². The fraction of sp³-hybridized carbons (Fsp3) is 0.467. The Bertz CT molecular complexity index is 1210. The number of hydrogen-bond donors (Lipinski definition) is 1. The number of aryl methyl sites for hydroxylation is 1. The van der Waals surface area contributed by atoms with E-state index < -0.39 is 0 Å². The minimum Gasteiger partial charge on any atom is -0.356 e. The first-order chi connectivity index (χ1) is 17.6. The number of nitrogens with one attached hydrogen (secondary N) is 1. The monoisotopic (exact) mass is 489 g/mol. The molecule has 0 spiro atoms. The van der Waals surface area contributed by atoms with Crippen LogP contribution in [0.2, 0.25) is 0 Å². The molecule has 36 heavy (non-hydrogen) atoms. The second kappa shape index (κ2) is 11.4. The summed E-state index contributed by atoms with van der Waals surface area (Å²) < 4.78 is 18.9. The molecule has 3 aromatic rings. The van der Waals surface area contributed by atoms with E-state index in [0.717, 1.165) is 55.7 Å². The number of rotatable bonds is 7. The van der Waals surface area contributed by atoms with Gasteiger partial charge >= 0.3 is 0 Å². The van der Waals surface area contributed by atoms with Crippen LogP contribution in [0.1, 0.15) is 61.3 Å². The van der Waals surface area contributed by atoms with E-state index in [0.29, 0.717) is 23.3 Å². The van der Waals surface area contributed by atoms with Crippen molar-refractivity contribution in [2.24, 2.45) is 11.8 Å². The van der Waals surface area contributed by atoms with Gasteiger partial charge in [-0.05, 0) is 86.9 Å². The third-order valence-corrected chi connectivity index (χ3v) is 8.14. The molecule has 1 aliphatic heterocycles. The van der Waals surface area contributed by atoms with E-state index in [1.54, 1.807) is 12.1 Å². The molecule has 190 valence electrons. The minimum atomic E-state index is -0.291. The summed E-state index contributed by atoms with van der Waals surface area (Å²) in [6, 6.07) is 12.8. The lowest BCUT2D eigenvalue weighted by Crippen LogP contribution is -2.42. The molecule has 1 saturated heterocycles. The third kappa shape index (κ3) is 5.86. The molecule has 2 aromatic carbocycles. The standard InChI is InChI=1S/C30H36FN3O2/c1-21-6-2-3-7-22(21)10-13-29(35)32-19-24-8-4-5-9-25(24)20-34-16-14-23(15-17-34)30-27-12-11-26(31)18-28(27)36-33-30/h2-3,6-7,10-13,18,23-25H,4-5,8-9,14-17,19-20H2,1H3,(H,32,35)/b13-10+/t24-,25-/m0/s1. The van der Waals surface area contributed by atoms with Gasteiger partial charge in [0, 0.05) is 36.5 Å². The normalized spacial score (nSPS) is 21.8. The second-order valence-corrected chi connectivity index (χ2v) is 10.5. The van der Waals surface area contributed by atoms with Gasteiger partial charge in [0.2, 0.25) is 5.91 Å². The van der Waals surface area contributed by atoms with Crippen molar-refractivity contribution in [3.8, 4) is 0 Å². The fourth-order valence-electron chi connectivity index (χ4n) is 5.97. The summed E-state index contributed by atoms with van der Waals surface area (Å²) in [5, 5.41) is 8.39. The predicted octanol–water partition coefficient (Wildman–Crippen LogP) is 6.09. The molecule has 2 heterocycles. The molecule has 1 N–H and O–H groups in total. The largest absolute Gasteiger partial charge is 0.356 e. The number of aromatic nitrogens is 1. The van der Waals surface area contributed by atoms with E-state index in [1.165, 1.54) is 43.4 Å². The highest BCUT2D eigenvalue weighted by molar-refractivity contribution is 5.91. The van der Waals surface area contributed by atoms with Crippen LogP contribution in [0.3, 0.4) is 0 Å². The van der Waals surface area contributed by atoms with Gasteiger partial charge in [0.05, 0.1) is 5.69 Å². The first-order valence-electron chi connectivity index (χ1n) is 13.4. The quantitative estimate of drug-likeness (QED) is 0.408. The van der Waals surface area contributed by atoms with Crippen LogP contribution in [0.5, 0.6) is 0 Å². The molecule has 0 radical (unpaired) electrons. The lowest BCUT2D eigenvalue weighted by molar-refractivity contribution is -0.116. The van der Waals surface area contributed by atoms with Gasteiger partial charge in [-0.1, -0.05) is 42.3 Å². The molecule has 5 rings (SSSR count). The zero-order valence-electron chi connectivity index (χ0n) is 21.1. The van der Waals surface area contributed by atoms with Gasteiger partial charge in [0.15, 0.2) is 5.58 Å².